The fourth-order valence-electron chi connectivity index (χ4n) is 2.53. The van der Waals surface area contributed by atoms with Gasteiger partial charge in [0.25, 0.3) is 0 Å². The number of hydrogen-bond donors (Lipinski definition) is 2. The molecule has 0 bridgehead atoms. The van der Waals surface area contributed by atoms with E-state index >= 15 is 0 Å². The average molecular weight is 359 g/mol. The van der Waals surface area contributed by atoms with Crippen LogP contribution in [-0.2, 0) is 14.3 Å². The van der Waals surface area contributed by atoms with Crippen LogP contribution in [0, 0.1) is 0 Å². The van der Waals surface area contributed by atoms with E-state index in [1.807, 2.05) is 0 Å². The van der Waals surface area contributed by atoms with E-state index in [1.165, 1.54) is 6.08 Å². The maximum absolute atomic E-state index is 12.6. The molecule has 7 heteroatoms. The number of alkyl carbamates (subject to hydrolysis) is 1. The summed E-state index contributed by atoms with van der Waals surface area (Å²) in [6, 6.07) is 6.66. The van der Waals surface area contributed by atoms with Crippen molar-refractivity contribution >= 4 is 29.7 Å². The summed E-state index contributed by atoms with van der Waals surface area (Å²) in [4.78, 5) is 35.1. The number of anilines is 1. The molecule has 2 amide bonds. The van der Waals surface area contributed by atoms with E-state index in [0.717, 1.165) is 12.5 Å². The first-order valence-corrected chi connectivity index (χ1v) is 8.41. The minimum atomic E-state index is -1.28. The molecule has 1 aromatic carbocycles. The summed E-state index contributed by atoms with van der Waals surface area (Å²) in [5, 5.41) is 15.9. The summed E-state index contributed by atoms with van der Waals surface area (Å²) < 4.78 is 5.24. The number of rotatable bonds is 5. The van der Waals surface area contributed by atoms with Crippen molar-refractivity contribution < 1.29 is 24.2 Å². The Bertz CT molecular complexity index is 712. The molecular formula is C19H23N2O5-. The van der Waals surface area contributed by atoms with Gasteiger partial charge in [0.2, 0.25) is 5.91 Å². The third kappa shape index (κ3) is 5.34. The molecule has 0 aliphatic heterocycles. The molecule has 2 N–H and O–H groups in total. The van der Waals surface area contributed by atoms with Gasteiger partial charge in [-0.05, 0) is 63.8 Å². The first-order valence-electron chi connectivity index (χ1n) is 8.41. The molecule has 1 aromatic rings. The first kappa shape index (κ1) is 19.5. The van der Waals surface area contributed by atoms with E-state index in [9.17, 15) is 19.5 Å². The first-order chi connectivity index (χ1) is 12.1. The van der Waals surface area contributed by atoms with E-state index in [1.54, 1.807) is 45.0 Å². The van der Waals surface area contributed by atoms with Crippen molar-refractivity contribution in [3.8, 4) is 0 Å². The van der Waals surface area contributed by atoms with Crippen molar-refractivity contribution in [2.45, 2.75) is 51.2 Å². The number of carbonyl (C=O) groups is 3. The maximum Gasteiger partial charge on any atom is 0.408 e. The Kier molecular flexibility index (Phi) is 5.69. The number of hydrogen-bond acceptors (Lipinski definition) is 5. The predicted octanol–water partition coefficient (Wildman–Crippen LogP) is 1.84. The fourth-order valence-corrected chi connectivity index (χ4v) is 2.53. The molecule has 0 radical (unpaired) electrons. The smallest absolute Gasteiger partial charge is 0.408 e. The molecule has 0 heterocycles. The summed E-state index contributed by atoms with van der Waals surface area (Å²) in [7, 11) is 0. The van der Waals surface area contributed by atoms with Gasteiger partial charge in [-0.2, -0.15) is 0 Å². The van der Waals surface area contributed by atoms with Crippen LogP contribution in [0.1, 0.15) is 45.6 Å². The molecule has 1 saturated carbocycles. The molecule has 0 unspecified atom stereocenters. The van der Waals surface area contributed by atoms with Gasteiger partial charge in [-0.15, -0.1) is 0 Å². The normalized spacial score (nSPS) is 15.8. The second-order valence-corrected chi connectivity index (χ2v) is 7.29. The Morgan fingerprint density at radius 1 is 1.15 bits per heavy atom. The van der Waals surface area contributed by atoms with Crippen LogP contribution in [0.2, 0.25) is 0 Å². The van der Waals surface area contributed by atoms with Crippen LogP contribution >= 0.6 is 0 Å². The SMILES string of the molecule is CC(C)(C)OC(=O)NC1(C(=O)Nc2ccc(/C=C/C(=O)[O-])cc2)CCC1. The number of benzene rings is 1. The molecule has 1 aliphatic carbocycles. The third-order valence-electron chi connectivity index (χ3n) is 3.96. The highest BCUT2D eigenvalue weighted by molar-refractivity contribution is 6.00. The second-order valence-electron chi connectivity index (χ2n) is 7.29. The number of ether oxygens (including phenoxy) is 1. The van der Waals surface area contributed by atoms with Gasteiger partial charge in [0.15, 0.2) is 0 Å². The standard InChI is InChI=1S/C19H24N2O5/c1-18(2,3)26-17(25)21-19(11-4-12-19)16(24)20-14-8-5-13(6-9-14)7-10-15(22)23/h5-10H,4,11-12H2,1-3H3,(H,20,24)(H,21,25)(H,22,23)/p-1/b10-7+. The zero-order chi connectivity index (χ0) is 19.4. The van der Waals surface area contributed by atoms with E-state index in [-0.39, 0.29) is 5.91 Å². The molecule has 1 fully saturated rings. The van der Waals surface area contributed by atoms with Crippen LogP contribution in [0.5, 0.6) is 0 Å². The Labute approximate surface area is 152 Å². The highest BCUT2D eigenvalue weighted by Crippen LogP contribution is 2.33. The number of carboxylic acid groups (broad SMARTS) is 1. The zero-order valence-corrected chi connectivity index (χ0v) is 15.1. The molecule has 0 saturated heterocycles. The van der Waals surface area contributed by atoms with Crippen molar-refractivity contribution in [1.82, 2.24) is 5.32 Å². The zero-order valence-electron chi connectivity index (χ0n) is 15.1. The number of amides is 2. The van der Waals surface area contributed by atoms with Crippen molar-refractivity contribution in [2.75, 3.05) is 5.32 Å². The summed E-state index contributed by atoms with van der Waals surface area (Å²) in [5.41, 5.74) is -0.383. The summed E-state index contributed by atoms with van der Waals surface area (Å²) in [5.74, 6) is -1.57. The average Bonchev–Trinajstić information content (AvgIpc) is 2.48. The van der Waals surface area contributed by atoms with Gasteiger partial charge in [-0.25, -0.2) is 4.79 Å². The van der Waals surface area contributed by atoms with Crippen molar-refractivity contribution in [3.05, 3.63) is 35.9 Å². The molecule has 0 aromatic heterocycles. The van der Waals surface area contributed by atoms with Gasteiger partial charge >= 0.3 is 6.09 Å². The molecule has 1 aliphatic rings. The minimum absolute atomic E-state index is 0.298. The molecule has 7 nitrogen and oxygen atoms in total. The van der Waals surface area contributed by atoms with Gasteiger partial charge in [0.1, 0.15) is 11.1 Å². The quantitative estimate of drug-likeness (QED) is 0.780. The topological polar surface area (TPSA) is 108 Å². The van der Waals surface area contributed by atoms with Gasteiger partial charge in [0, 0.05) is 5.69 Å². The lowest BCUT2D eigenvalue weighted by molar-refractivity contribution is -0.297. The van der Waals surface area contributed by atoms with Gasteiger partial charge in [-0.1, -0.05) is 18.2 Å². The van der Waals surface area contributed by atoms with Crippen LogP contribution in [0.25, 0.3) is 6.08 Å². The van der Waals surface area contributed by atoms with E-state index in [0.29, 0.717) is 24.1 Å². The Hall–Kier alpha value is -2.83. The van der Waals surface area contributed by atoms with Crippen LogP contribution < -0.4 is 15.7 Å². The Balaban J connectivity index is 2.00. The number of nitrogens with one attached hydrogen (secondary N) is 2. The molecular weight excluding hydrogens is 336 g/mol. The molecule has 26 heavy (non-hydrogen) atoms. The highest BCUT2D eigenvalue weighted by Gasteiger charge is 2.46. The summed E-state index contributed by atoms with van der Waals surface area (Å²) in [6.07, 6.45) is 3.65. The van der Waals surface area contributed by atoms with Gasteiger partial charge in [-0.3, -0.25) is 4.79 Å². The van der Waals surface area contributed by atoms with Crippen molar-refractivity contribution in [2.24, 2.45) is 0 Å². The van der Waals surface area contributed by atoms with Gasteiger partial charge in [0.05, 0.1) is 5.97 Å². The third-order valence-corrected chi connectivity index (χ3v) is 3.96. The predicted molar refractivity (Wildman–Crippen MR) is 95.1 cm³/mol. The Morgan fingerprint density at radius 3 is 2.23 bits per heavy atom. The second kappa shape index (κ2) is 7.59. The largest absolute Gasteiger partial charge is 0.545 e. The number of carboxylic acids is 1. The van der Waals surface area contributed by atoms with Crippen LogP contribution in [-0.4, -0.2) is 29.1 Å². The van der Waals surface area contributed by atoms with Gasteiger partial charge < -0.3 is 25.3 Å². The Morgan fingerprint density at radius 2 is 1.77 bits per heavy atom. The molecule has 0 spiro atoms. The molecule has 2 rings (SSSR count). The molecule has 0 atom stereocenters. The lowest BCUT2D eigenvalue weighted by Gasteiger charge is -2.40. The van der Waals surface area contributed by atoms with E-state index < -0.39 is 23.2 Å². The van der Waals surface area contributed by atoms with E-state index in [4.69, 9.17) is 4.74 Å². The van der Waals surface area contributed by atoms with Crippen LogP contribution in [0.3, 0.4) is 0 Å². The lowest BCUT2D eigenvalue weighted by Crippen LogP contribution is -2.61. The lowest BCUT2D eigenvalue weighted by atomic mass is 9.76. The maximum atomic E-state index is 12.6. The number of aliphatic carboxylic acids is 1. The highest BCUT2D eigenvalue weighted by atomic mass is 16.6. The molecule has 140 valence electrons. The monoisotopic (exact) mass is 359 g/mol. The summed E-state index contributed by atoms with van der Waals surface area (Å²) >= 11 is 0. The summed E-state index contributed by atoms with van der Waals surface area (Å²) in [6.45, 7) is 5.28. The minimum Gasteiger partial charge on any atom is -0.545 e. The van der Waals surface area contributed by atoms with Crippen molar-refractivity contribution in [3.63, 3.8) is 0 Å². The van der Waals surface area contributed by atoms with E-state index in [2.05, 4.69) is 10.6 Å². The fraction of sp³-hybridized carbons (Fsp3) is 0.421. The van der Waals surface area contributed by atoms with Crippen LogP contribution in [0.15, 0.2) is 30.3 Å². The van der Waals surface area contributed by atoms with Crippen molar-refractivity contribution in [1.29, 1.82) is 0 Å². The van der Waals surface area contributed by atoms with Crippen LogP contribution in [0.4, 0.5) is 10.5 Å². The number of carbonyl (C=O) groups excluding carboxylic acids is 3.